The molecule has 0 unspecified atom stereocenters. The lowest BCUT2D eigenvalue weighted by molar-refractivity contribution is -0.129. The first-order valence-electron chi connectivity index (χ1n) is 4.75. The number of amides is 1. The molecule has 0 atom stereocenters. The molecule has 0 aliphatic carbocycles. The zero-order chi connectivity index (χ0) is 11.7. The number of carbonyl (C=O) groups excluding carboxylic acids is 1. The molecule has 2 rings (SSSR count). The highest BCUT2D eigenvalue weighted by atomic mass is 35.5. The van der Waals surface area contributed by atoms with Gasteiger partial charge in [0.15, 0.2) is 10.3 Å². The second-order valence-corrected chi connectivity index (χ2v) is 4.33. The van der Waals surface area contributed by atoms with E-state index in [-0.39, 0.29) is 22.8 Å². The highest BCUT2D eigenvalue weighted by molar-refractivity contribution is 6.33. The average Bonchev–Trinajstić information content (AvgIpc) is 2.26. The molecule has 1 amide bonds. The molecule has 0 N–H and O–H groups in total. The normalized spacial score (nSPS) is 16.8. The second-order valence-electron chi connectivity index (χ2n) is 3.58. The van der Waals surface area contributed by atoms with Gasteiger partial charge in [-0.3, -0.25) is 4.79 Å². The lowest BCUT2D eigenvalue weighted by Crippen LogP contribution is -2.48. The summed E-state index contributed by atoms with van der Waals surface area (Å²) >= 11 is 11.7. The molecule has 0 bridgehead atoms. The number of piperazine rings is 1. The molecule has 1 aromatic heterocycles. The Hall–Kier alpha value is -1.07. The van der Waals surface area contributed by atoms with Crippen LogP contribution in [0.1, 0.15) is 0 Å². The molecule has 1 fully saturated rings. The van der Waals surface area contributed by atoms with Crippen LogP contribution >= 0.6 is 23.2 Å². The summed E-state index contributed by atoms with van der Waals surface area (Å²) in [6, 6.07) is 1.62. The van der Waals surface area contributed by atoms with Gasteiger partial charge in [0.1, 0.15) is 0 Å². The third-order valence-electron chi connectivity index (χ3n) is 2.50. The van der Waals surface area contributed by atoms with Crippen LogP contribution in [-0.2, 0) is 4.79 Å². The number of carbonyl (C=O) groups is 1. The SMILES string of the molecule is CN1CCN(c2cc(Cl)nnc2Cl)CC1=O. The van der Waals surface area contributed by atoms with Gasteiger partial charge in [-0.2, -0.15) is 0 Å². The number of anilines is 1. The molecular formula is C9H10Cl2N4O. The van der Waals surface area contributed by atoms with Crippen molar-refractivity contribution in [3.05, 3.63) is 16.4 Å². The molecule has 86 valence electrons. The van der Waals surface area contributed by atoms with Crippen molar-refractivity contribution in [2.24, 2.45) is 0 Å². The van der Waals surface area contributed by atoms with E-state index in [2.05, 4.69) is 10.2 Å². The highest BCUT2D eigenvalue weighted by Gasteiger charge is 2.23. The molecule has 5 nitrogen and oxygen atoms in total. The Morgan fingerprint density at radius 3 is 2.75 bits per heavy atom. The summed E-state index contributed by atoms with van der Waals surface area (Å²) < 4.78 is 0. The third-order valence-corrected chi connectivity index (χ3v) is 2.95. The Bertz CT molecular complexity index is 426. The van der Waals surface area contributed by atoms with Crippen LogP contribution in [0.5, 0.6) is 0 Å². The van der Waals surface area contributed by atoms with Crippen molar-refractivity contribution in [3.63, 3.8) is 0 Å². The minimum Gasteiger partial charge on any atom is -0.358 e. The smallest absolute Gasteiger partial charge is 0.241 e. The number of hydrogen-bond donors (Lipinski definition) is 0. The fourth-order valence-electron chi connectivity index (χ4n) is 1.53. The maximum atomic E-state index is 11.5. The molecule has 0 radical (unpaired) electrons. The quantitative estimate of drug-likeness (QED) is 0.758. The Labute approximate surface area is 103 Å². The van der Waals surface area contributed by atoms with Crippen molar-refractivity contribution in [2.75, 3.05) is 31.6 Å². The molecule has 16 heavy (non-hydrogen) atoms. The third kappa shape index (κ3) is 2.20. The molecule has 7 heteroatoms. The van der Waals surface area contributed by atoms with E-state index < -0.39 is 0 Å². The molecule has 2 heterocycles. The monoisotopic (exact) mass is 260 g/mol. The fourth-order valence-corrected chi connectivity index (χ4v) is 1.88. The molecule has 1 aliphatic rings. The fraction of sp³-hybridized carbons (Fsp3) is 0.444. The lowest BCUT2D eigenvalue weighted by Gasteiger charge is -2.33. The lowest BCUT2D eigenvalue weighted by atomic mass is 10.3. The van der Waals surface area contributed by atoms with Crippen molar-refractivity contribution in [1.82, 2.24) is 15.1 Å². The van der Waals surface area contributed by atoms with Crippen LogP contribution in [0.25, 0.3) is 0 Å². The van der Waals surface area contributed by atoms with Gasteiger partial charge in [-0.05, 0) is 0 Å². The first kappa shape index (κ1) is 11.4. The summed E-state index contributed by atoms with van der Waals surface area (Å²) in [6.07, 6.45) is 0. The van der Waals surface area contributed by atoms with E-state index in [1.54, 1.807) is 18.0 Å². The Kier molecular flexibility index (Phi) is 3.16. The molecule has 1 saturated heterocycles. The zero-order valence-corrected chi connectivity index (χ0v) is 10.2. The number of halogens is 2. The van der Waals surface area contributed by atoms with Gasteiger partial charge in [0.2, 0.25) is 5.91 Å². The summed E-state index contributed by atoms with van der Waals surface area (Å²) in [5.74, 6) is 0.0512. The number of hydrogen-bond acceptors (Lipinski definition) is 4. The minimum atomic E-state index is 0.0512. The number of aromatic nitrogens is 2. The van der Waals surface area contributed by atoms with Gasteiger partial charge in [0.25, 0.3) is 0 Å². The van der Waals surface area contributed by atoms with E-state index in [0.29, 0.717) is 18.8 Å². The van der Waals surface area contributed by atoms with E-state index in [1.807, 2.05) is 4.90 Å². The summed E-state index contributed by atoms with van der Waals surface area (Å²) in [5, 5.41) is 7.88. The predicted octanol–water partition coefficient (Wildman–Crippen LogP) is 1.06. The number of nitrogens with zero attached hydrogens (tertiary/aromatic N) is 4. The van der Waals surface area contributed by atoms with Gasteiger partial charge in [0, 0.05) is 26.2 Å². The highest BCUT2D eigenvalue weighted by Crippen LogP contribution is 2.26. The Balaban J connectivity index is 2.24. The molecular weight excluding hydrogens is 251 g/mol. The van der Waals surface area contributed by atoms with Gasteiger partial charge in [0.05, 0.1) is 12.2 Å². The minimum absolute atomic E-state index is 0.0512. The van der Waals surface area contributed by atoms with Crippen molar-refractivity contribution >= 4 is 34.8 Å². The largest absolute Gasteiger partial charge is 0.358 e. The van der Waals surface area contributed by atoms with E-state index in [9.17, 15) is 4.79 Å². The molecule has 0 spiro atoms. The Morgan fingerprint density at radius 1 is 1.31 bits per heavy atom. The van der Waals surface area contributed by atoms with E-state index in [4.69, 9.17) is 23.2 Å². The van der Waals surface area contributed by atoms with Crippen molar-refractivity contribution < 1.29 is 4.79 Å². The average molecular weight is 261 g/mol. The van der Waals surface area contributed by atoms with Gasteiger partial charge in [-0.1, -0.05) is 23.2 Å². The van der Waals surface area contributed by atoms with Crippen molar-refractivity contribution in [2.45, 2.75) is 0 Å². The predicted molar refractivity (Wildman–Crippen MR) is 61.9 cm³/mol. The second kappa shape index (κ2) is 4.43. The maximum Gasteiger partial charge on any atom is 0.241 e. The standard InChI is InChI=1S/C9H10Cl2N4O/c1-14-2-3-15(5-8(14)16)6-4-7(10)12-13-9(6)11/h4H,2-3,5H2,1H3. The molecule has 0 aromatic carbocycles. The maximum absolute atomic E-state index is 11.5. The van der Waals surface area contributed by atoms with E-state index in [0.717, 1.165) is 0 Å². The van der Waals surface area contributed by atoms with Crippen LogP contribution < -0.4 is 4.90 Å². The Morgan fingerprint density at radius 2 is 2.06 bits per heavy atom. The molecule has 0 saturated carbocycles. The summed E-state index contributed by atoms with van der Waals surface area (Å²) in [6.45, 7) is 1.66. The van der Waals surface area contributed by atoms with Crippen molar-refractivity contribution in [1.29, 1.82) is 0 Å². The van der Waals surface area contributed by atoms with Crippen LogP contribution in [-0.4, -0.2) is 47.7 Å². The summed E-state index contributed by atoms with van der Waals surface area (Å²) in [7, 11) is 1.78. The van der Waals surface area contributed by atoms with Crippen LogP contribution in [0.2, 0.25) is 10.3 Å². The van der Waals surface area contributed by atoms with Gasteiger partial charge in [-0.15, -0.1) is 10.2 Å². The van der Waals surface area contributed by atoms with E-state index >= 15 is 0 Å². The van der Waals surface area contributed by atoms with Crippen LogP contribution in [0, 0.1) is 0 Å². The van der Waals surface area contributed by atoms with E-state index in [1.165, 1.54) is 0 Å². The number of likely N-dealkylation sites (N-methyl/N-ethyl adjacent to an activating group) is 1. The van der Waals surface area contributed by atoms with Crippen molar-refractivity contribution in [3.8, 4) is 0 Å². The zero-order valence-electron chi connectivity index (χ0n) is 8.65. The number of rotatable bonds is 1. The molecule has 1 aliphatic heterocycles. The first-order chi connectivity index (χ1) is 7.58. The summed E-state index contributed by atoms with van der Waals surface area (Å²) in [4.78, 5) is 15.1. The first-order valence-corrected chi connectivity index (χ1v) is 5.51. The van der Waals surface area contributed by atoms with Gasteiger partial charge >= 0.3 is 0 Å². The van der Waals surface area contributed by atoms with Crippen LogP contribution in [0.3, 0.4) is 0 Å². The molecule has 1 aromatic rings. The van der Waals surface area contributed by atoms with Gasteiger partial charge in [-0.25, -0.2) is 0 Å². The van der Waals surface area contributed by atoms with Gasteiger partial charge < -0.3 is 9.80 Å². The topological polar surface area (TPSA) is 49.3 Å². The summed E-state index contributed by atoms with van der Waals surface area (Å²) in [5.41, 5.74) is 0.656. The van der Waals surface area contributed by atoms with Crippen LogP contribution in [0.4, 0.5) is 5.69 Å². The van der Waals surface area contributed by atoms with Crippen LogP contribution in [0.15, 0.2) is 6.07 Å².